The van der Waals surface area contributed by atoms with Gasteiger partial charge < -0.3 is 15.0 Å². The largest absolute Gasteiger partial charge is 0.373 e. The molecular weight excluding hydrogens is 226 g/mol. The van der Waals surface area contributed by atoms with Crippen molar-refractivity contribution in [3.63, 3.8) is 0 Å². The van der Waals surface area contributed by atoms with E-state index in [9.17, 15) is 0 Å². The molecule has 1 spiro atoms. The SMILES string of the molecule is CN1CC[C@@]2(C[C@H](Nc3ccccn3)CCO2)C1. The van der Waals surface area contributed by atoms with Crippen LogP contribution in [0.1, 0.15) is 19.3 Å². The van der Waals surface area contributed by atoms with Crippen molar-refractivity contribution in [1.82, 2.24) is 9.88 Å². The summed E-state index contributed by atoms with van der Waals surface area (Å²) in [4.78, 5) is 6.70. The number of hydrogen-bond acceptors (Lipinski definition) is 4. The summed E-state index contributed by atoms with van der Waals surface area (Å²) in [5.74, 6) is 0.978. The second-order valence-corrected chi connectivity index (χ2v) is 5.57. The van der Waals surface area contributed by atoms with Gasteiger partial charge >= 0.3 is 0 Å². The minimum atomic E-state index is 0.0828. The van der Waals surface area contributed by atoms with Crippen LogP contribution in [0.15, 0.2) is 24.4 Å². The molecule has 4 heteroatoms. The predicted molar refractivity (Wildman–Crippen MR) is 71.7 cm³/mol. The van der Waals surface area contributed by atoms with Gasteiger partial charge in [0.05, 0.1) is 5.60 Å². The molecule has 2 aliphatic heterocycles. The number of hydrogen-bond donors (Lipinski definition) is 1. The molecule has 2 saturated heterocycles. The first-order chi connectivity index (χ1) is 8.76. The molecule has 0 radical (unpaired) electrons. The Morgan fingerprint density at radius 2 is 2.44 bits per heavy atom. The molecule has 1 aromatic heterocycles. The first-order valence-electron chi connectivity index (χ1n) is 6.76. The van der Waals surface area contributed by atoms with Gasteiger partial charge in [0.25, 0.3) is 0 Å². The number of anilines is 1. The summed E-state index contributed by atoms with van der Waals surface area (Å²) in [6.45, 7) is 3.07. The maximum absolute atomic E-state index is 6.06. The van der Waals surface area contributed by atoms with Gasteiger partial charge in [0.1, 0.15) is 5.82 Å². The van der Waals surface area contributed by atoms with Crippen molar-refractivity contribution in [2.24, 2.45) is 0 Å². The lowest BCUT2D eigenvalue weighted by Crippen LogP contribution is -2.46. The van der Waals surface area contributed by atoms with Crippen molar-refractivity contribution >= 4 is 5.82 Å². The molecule has 0 saturated carbocycles. The first kappa shape index (κ1) is 11.9. The molecule has 4 nitrogen and oxygen atoms in total. The molecule has 3 heterocycles. The van der Waals surface area contributed by atoms with Crippen molar-refractivity contribution in [2.45, 2.75) is 30.9 Å². The number of likely N-dealkylation sites (N-methyl/N-ethyl adjacent to an activating group) is 1. The van der Waals surface area contributed by atoms with Crippen LogP contribution in [-0.4, -0.2) is 48.3 Å². The molecule has 0 aromatic carbocycles. The van der Waals surface area contributed by atoms with E-state index in [1.165, 1.54) is 0 Å². The van der Waals surface area contributed by atoms with Crippen LogP contribution in [0.2, 0.25) is 0 Å². The van der Waals surface area contributed by atoms with Crippen molar-refractivity contribution in [3.8, 4) is 0 Å². The van der Waals surface area contributed by atoms with E-state index in [0.717, 1.165) is 44.8 Å². The zero-order valence-electron chi connectivity index (χ0n) is 10.9. The standard InChI is InChI=1S/C14H21N3O/c1-17-8-6-14(11-17)10-12(5-9-18-14)16-13-4-2-3-7-15-13/h2-4,7,12H,5-6,8-11H2,1H3,(H,15,16)/t12-,14-/m1/s1. The third-order valence-electron chi connectivity index (χ3n) is 4.02. The monoisotopic (exact) mass is 247 g/mol. The number of ether oxygens (including phenoxy) is 1. The van der Waals surface area contributed by atoms with Crippen LogP contribution in [0.3, 0.4) is 0 Å². The fourth-order valence-corrected chi connectivity index (χ4v) is 3.14. The van der Waals surface area contributed by atoms with Crippen LogP contribution < -0.4 is 5.32 Å². The van der Waals surface area contributed by atoms with Crippen molar-refractivity contribution in [1.29, 1.82) is 0 Å². The Morgan fingerprint density at radius 1 is 1.50 bits per heavy atom. The summed E-state index contributed by atoms with van der Waals surface area (Å²) in [6.07, 6.45) is 5.15. The van der Waals surface area contributed by atoms with E-state index in [1.807, 2.05) is 24.4 Å². The molecule has 0 amide bonds. The second-order valence-electron chi connectivity index (χ2n) is 5.57. The molecule has 0 bridgehead atoms. The summed E-state index contributed by atoms with van der Waals surface area (Å²) >= 11 is 0. The first-order valence-corrected chi connectivity index (χ1v) is 6.76. The zero-order chi connectivity index (χ0) is 12.4. The highest BCUT2D eigenvalue weighted by Crippen LogP contribution is 2.34. The van der Waals surface area contributed by atoms with Crippen LogP contribution in [-0.2, 0) is 4.74 Å². The fourth-order valence-electron chi connectivity index (χ4n) is 3.14. The normalized spacial score (nSPS) is 32.8. The van der Waals surface area contributed by atoms with Gasteiger partial charge in [0.15, 0.2) is 0 Å². The molecule has 98 valence electrons. The lowest BCUT2D eigenvalue weighted by atomic mass is 9.89. The van der Waals surface area contributed by atoms with Gasteiger partial charge in [-0.15, -0.1) is 0 Å². The Balaban J connectivity index is 1.64. The van der Waals surface area contributed by atoms with Crippen LogP contribution in [0.4, 0.5) is 5.82 Å². The van der Waals surface area contributed by atoms with E-state index in [1.54, 1.807) is 0 Å². The second kappa shape index (κ2) is 4.86. The number of aromatic nitrogens is 1. The third kappa shape index (κ3) is 2.49. The van der Waals surface area contributed by atoms with E-state index in [0.29, 0.717) is 6.04 Å². The topological polar surface area (TPSA) is 37.4 Å². The molecule has 0 aliphatic carbocycles. The Kier molecular flexibility index (Phi) is 3.22. The molecule has 0 unspecified atom stereocenters. The van der Waals surface area contributed by atoms with E-state index >= 15 is 0 Å². The minimum absolute atomic E-state index is 0.0828. The van der Waals surface area contributed by atoms with Gasteiger partial charge in [-0.1, -0.05) is 6.07 Å². The summed E-state index contributed by atoms with van der Waals surface area (Å²) in [6, 6.07) is 6.49. The number of nitrogens with zero attached hydrogens (tertiary/aromatic N) is 2. The molecule has 1 aromatic rings. The molecule has 2 fully saturated rings. The highest BCUT2D eigenvalue weighted by molar-refractivity contribution is 5.34. The quantitative estimate of drug-likeness (QED) is 0.864. The lowest BCUT2D eigenvalue weighted by molar-refractivity contribution is -0.0723. The molecule has 3 rings (SSSR count). The summed E-state index contributed by atoms with van der Waals surface area (Å²) in [5.41, 5.74) is 0.0828. The Bertz CT molecular complexity index is 393. The van der Waals surface area contributed by atoms with Crippen LogP contribution in [0.25, 0.3) is 0 Å². The summed E-state index contributed by atoms with van der Waals surface area (Å²) < 4.78 is 6.06. The highest BCUT2D eigenvalue weighted by atomic mass is 16.5. The van der Waals surface area contributed by atoms with E-state index in [4.69, 9.17) is 4.74 Å². The smallest absolute Gasteiger partial charge is 0.126 e. The summed E-state index contributed by atoms with van der Waals surface area (Å²) in [7, 11) is 2.17. The summed E-state index contributed by atoms with van der Waals surface area (Å²) in [5, 5.41) is 3.54. The average Bonchev–Trinajstić information content (AvgIpc) is 2.72. The maximum atomic E-state index is 6.06. The molecule has 18 heavy (non-hydrogen) atoms. The minimum Gasteiger partial charge on any atom is -0.373 e. The molecule has 2 aliphatic rings. The molecular formula is C14H21N3O. The van der Waals surface area contributed by atoms with Crippen LogP contribution in [0, 0.1) is 0 Å². The number of likely N-dealkylation sites (tertiary alicyclic amines) is 1. The van der Waals surface area contributed by atoms with Gasteiger partial charge in [-0.25, -0.2) is 4.98 Å². The van der Waals surface area contributed by atoms with E-state index in [2.05, 4.69) is 22.2 Å². The molecule has 1 N–H and O–H groups in total. The van der Waals surface area contributed by atoms with Crippen LogP contribution in [0.5, 0.6) is 0 Å². The Hall–Kier alpha value is -1.13. The van der Waals surface area contributed by atoms with Crippen molar-refractivity contribution < 1.29 is 4.74 Å². The van der Waals surface area contributed by atoms with Gasteiger partial charge in [0, 0.05) is 31.9 Å². The van der Waals surface area contributed by atoms with Crippen molar-refractivity contribution in [3.05, 3.63) is 24.4 Å². The van der Waals surface area contributed by atoms with Gasteiger partial charge in [-0.3, -0.25) is 0 Å². The van der Waals surface area contributed by atoms with E-state index < -0.39 is 0 Å². The third-order valence-corrected chi connectivity index (χ3v) is 4.02. The predicted octanol–water partition coefficient (Wildman–Crippen LogP) is 1.75. The maximum Gasteiger partial charge on any atom is 0.126 e. The van der Waals surface area contributed by atoms with Gasteiger partial charge in [-0.05, 0) is 38.4 Å². The van der Waals surface area contributed by atoms with Gasteiger partial charge in [-0.2, -0.15) is 0 Å². The Morgan fingerprint density at radius 3 is 3.17 bits per heavy atom. The van der Waals surface area contributed by atoms with E-state index in [-0.39, 0.29) is 5.60 Å². The lowest BCUT2D eigenvalue weighted by Gasteiger charge is -2.38. The number of nitrogens with one attached hydrogen (secondary N) is 1. The highest BCUT2D eigenvalue weighted by Gasteiger charge is 2.42. The zero-order valence-corrected chi connectivity index (χ0v) is 10.9. The van der Waals surface area contributed by atoms with Crippen LogP contribution >= 0.6 is 0 Å². The van der Waals surface area contributed by atoms with Gasteiger partial charge in [0.2, 0.25) is 0 Å². The Labute approximate surface area is 108 Å². The molecule has 2 atom stereocenters. The number of pyridine rings is 1. The van der Waals surface area contributed by atoms with Crippen molar-refractivity contribution in [2.75, 3.05) is 32.1 Å². The average molecular weight is 247 g/mol. The number of rotatable bonds is 2. The fraction of sp³-hybridized carbons (Fsp3) is 0.643.